The van der Waals surface area contributed by atoms with Crippen molar-refractivity contribution in [2.45, 2.75) is 33.1 Å². The van der Waals surface area contributed by atoms with Crippen LogP contribution in [0.3, 0.4) is 0 Å². The van der Waals surface area contributed by atoms with E-state index in [0.29, 0.717) is 40.3 Å². The lowest BCUT2D eigenvalue weighted by Crippen LogP contribution is -2.30. The SMILES string of the molecule is CCCCOc1ccc(-c2nn(-c3ccccc3)cc2/C=C2\SC(=S)N(CCc3ccc(OC)c(OC)c3)C2=O)c(C)c1. The van der Waals surface area contributed by atoms with Crippen LogP contribution < -0.4 is 14.2 Å². The number of para-hydroxylation sites is 1. The number of thioether (sulfide) groups is 1. The minimum absolute atomic E-state index is 0.106. The molecule has 0 spiro atoms. The quantitative estimate of drug-likeness (QED) is 0.0932. The zero-order valence-electron chi connectivity index (χ0n) is 24.8. The first-order valence-electron chi connectivity index (χ1n) is 14.3. The number of aryl methyl sites for hydroxylation is 1. The number of thiocarbonyl (C=S) groups is 1. The standard InChI is InChI=1S/C34H35N3O4S2/c1-5-6-18-41-27-13-14-28(23(2)19-27)32-25(22-37(35-32)26-10-8-7-9-11-26)21-31-33(38)36(34(42)43-31)17-16-24-12-15-29(39-3)30(20-24)40-4/h7-15,19-22H,5-6,16-18H2,1-4H3/b31-21-. The summed E-state index contributed by atoms with van der Waals surface area (Å²) in [5, 5.41) is 4.97. The molecule has 3 aromatic carbocycles. The fourth-order valence-corrected chi connectivity index (χ4v) is 6.15. The van der Waals surface area contributed by atoms with E-state index in [2.05, 4.69) is 13.8 Å². The van der Waals surface area contributed by atoms with Gasteiger partial charge < -0.3 is 14.2 Å². The van der Waals surface area contributed by atoms with Gasteiger partial charge in [0.15, 0.2) is 11.5 Å². The molecule has 43 heavy (non-hydrogen) atoms. The van der Waals surface area contributed by atoms with E-state index in [1.54, 1.807) is 19.1 Å². The molecule has 0 bridgehead atoms. The minimum atomic E-state index is -0.106. The number of unbranched alkanes of at least 4 members (excludes halogenated alkanes) is 1. The summed E-state index contributed by atoms with van der Waals surface area (Å²) in [5.41, 5.74) is 5.61. The number of amides is 1. The normalized spacial score (nSPS) is 14.0. The Kier molecular flexibility index (Phi) is 9.84. The maximum absolute atomic E-state index is 13.6. The highest BCUT2D eigenvalue weighted by molar-refractivity contribution is 8.26. The summed E-state index contributed by atoms with van der Waals surface area (Å²) in [6.07, 6.45) is 6.59. The predicted octanol–water partition coefficient (Wildman–Crippen LogP) is 7.49. The Hall–Kier alpha value is -4.08. The van der Waals surface area contributed by atoms with Crippen molar-refractivity contribution in [1.82, 2.24) is 14.7 Å². The smallest absolute Gasteiger partial charge is 0.266 e. The molecule has 1 aliphatic heterocycles. The van der Waals surface area contributed by atoms with Gasteiger partial charge in [0.2, 0.25) is 0 Å². The van der Waals surface area contributed by atoms with E-state index in [1.165, 1.54) is 11.8 Å². The van der Waals surface area contributed by atoms with Gasteiger partial charge in [-0.2, -0.15) is 5.10 Å². The number of nitrogens with zero attached hydrogens (tertiary/aromatic N) is 3. The zero-order chi connectivity index (χ0) is 30.3. The van der Waals surface area contributed by atoms with E-state index in [9.17, 15) is 4.79 Å². The summed E-state index contributed by atoms with van der Waals surface area (Å²) in [6, 6.07) is 21.8. The maximum atomic E-state index is 13.6. The topological polar surface area (TPSA) is 65.8 Å². The van der Waals surface area contributed by atoms with E-state index in [1.807, 2.05) is 83.7 Å². The molecule has 1 amide bonds. The Bertz CT molecular complexity index is 1650. The maximum Gasteiger partial charge on any atom is 0.266 e. The van der Waals surface area contributed by atoms with Crippen LogP contribution in [0.4, 0.5) is 0 Å². The monoisotopic (exact) mass is 613 g/mol. The molecule has 0 aliphatic carbocycles. The second kappa shape index (κ2) is 13.9. The lowest BCUT2D eigenvalue weighted by molar-refractivity contribution is -0.122. The summed E-state index contributed by atoms with van der Waals surface area (Å²) in [5.74, 6) is 2.06. The molecule has 1 fully saturated rings. The number of hydrogen-bond acceptors (Lipinski definition) is 7. The number of hydrogen-bond donors (Lipinski definition) is 0. The average molecular weight is 614 g/mol. The molecule has 2 heterocycles. The first-order chi connectivity index (χ1) is 20.9. The van der Waals surface area contributed by atoms with Gasteiger partial charge in [0, 0.05) is 23.9 Å². The minimum Gasteiger partial charge on any atom is -0.494 e. The third-order valence-electron chi connectivity index (χ3n) is 7.22. The van der Waals surface area contributed by atoms with Gasteiger partial charge in [-0.25, -0.2) is 4.68 Å². The Labute approximate surface area is 262 Å². The number of ether oxygens (including phenoxy) is 3. The molecule has 0 N–H and O–H groups in total. The first kappa shape index (κ1) is 30.4. The lowest BCUT2D eigenvalue weighted by Gasteiger charge is -2.15. The number of carbonyl (C=O) groups is 1. The van der Waals surface area contributed by atoms with E-state index < -0.39 is 0 Å². The molecule has 1 saturated heterocycles. The average Bonchev–Trinajstić information content (AvgIpc) is 3.56. The Morgan fingerprint density at radius 1 is 1.00 bits per heavy atom. The van der Waals surface area contributed by atoms with E-state index in [4.69, 9.17) is 31.5 Å². The van der Waals surface area contributed by atoms with Crippen LogP contribution in [0.2, 0.25) is 0 Å². The van der Waals surface area contributed by atoms with Crippen LogP contribution in [0.5, 0.6) is 17.2 Å². The number of carbonyl (C=O) groups excluding carboxylic acids is 1. The summed E-state index contributed by atoms with van der Waals surface area (Å²) in [4.78, 5) is 15.8. The molecule has 4 aromatic rings. The van der Waals surface area contributed by atoms with E-state index in [0.717, 1.165) is 52.2 Å². The summed E-state index contributed by atoms with van der Waals surface area (Å²) < 4.78 is 19.1. The Morgan fingerprint density at radius 2 is 1.79 bits per heavy atom. The highest BCUT2D eigenvalue weighted by Crippen LogP contribution is 2.36. The second-order valence-corrected chi connectivity index (χ2v) is 11.8. The molecule has 0 unspecified atom stereocenters. The number of benzene rings is 3. The Morgan fingerprint density at radius 3 is 2.51 bits per heavy atom. The molecule has 1 aliphatic rings. The van der Waals surface area contributed by atoms with Crippen molar-refractivity contribution < 1.29 is 19.0 Å². The van der Waals surface area contributed by atoms with E-state index in [-0.39, 0.29) is 5.91 Å². The van der Waals surface area contributed by atoms with Crippen LogP contribution >= 0.6 is 24.0 Å². The van der Waals surface area contributed by atoms with Crippen LogP contribution in [-0.4, -0.2) is 52.3 Å². The fourth-order valence-electron chi connectivity index (χ4n) is 4.85. The fraction of sp³-hybridized carbons (Fsp3) is 0.265. The van der Waals surface area contributed by atoms with Gasteiger partial charge in [-0.05, 0) is 79.4 Å². The van der Waals surface area contributed by atoms with Gasteiger partial charge in [-0.3, -0.25) is 9.69 Å². The van der Waals surface area contributed by atoms with Gasteiger partial charge in [0.25, 0.3) is 5.91 Å². The lowest BCUT2D eigenvalue weighted by atomic mass is 10.0. The van der Waals surface area contributed by atoms with Crippen LogP contribution in [-0.2, 0) is 11.2 Å². The van der Waals surface area contributed by atoms with E-state index >= 15 is 0 Å². The number of aromatic nitrogens is 2. The van der Waals surface area contributed by atoms with Crippen LogP contribution in [0.15, 0.2) is 77.8 Å². The second-order valence-electron chi connectivity index (χ2n) is 10.2. The molecule has 9 heteroatoms. The molecule has 222 valence electrons. The van der Waals surface area contributed by atoms with Gasteiger partial charge in [-0.1, -0.05) is 61.6 Å². The number of rotatable bonds is 12. The molecule has 0 saturated carbocycles. The van der Waals surface area contributed by atoms with Crippen molar-refractivity contribution in [3.63, 3.8) is 0 Å². The Balaban J connectivity index is 1.42. The molecular formula is C34H35N3O4S2. The summed E-state index contributed by atoms with van der Waals surface area (Å²) in [7, 11) is 3.22. The molecule has 0 radical (unpaired) electrons. The first-order valence-corrected chi connectivity index (χ1v) is 15.5. The predicted molar refractivity (Wildman–Crippen MR) is 177 cm³/mol. The third kappa shape index (κ3) is 6.95. The van der Waals surface area contributed by atoms with Gasteiger partial charge in [-0.15, -0.1) is 0 Å². The zero-order valence-corrected chi connectivity index (χ0v) is 26.5. The molecular weight excluding hydrogens is 579 g/mol. The van der Waals surface area contributed by atoms with Crippen molar-refractivity contribution in [1.29, 1.82) is 0 Å². The summed E-state index contributed by atoms with van der Waals surface area (Å²) >= 11 is 6.97. The van der Waals surface area contributed by atoms with Crippen LogP contribution in [0.25, 0.3) is 23.0 Å². The summed E-state index contributed by atoms with van der Waals surface area (Å²) in [6.45, 7) is 5.36. The third-order valence-corrected chi connectivity index (χ3v) is 8.59. The molecule has 0 atom stereocenters. The van der Waals surface area contributed by atoms with Crippen molar-refractivity contribution in [2.24, 2.45) is 0 Å². The van der Waals surface area contributed by atoms with Crippen molar-refractivity contribution in [3.05, 3.63) is 94.5 Å². The van der Waals surface area contributed by atoms with Crippen molar-refractivity contribution in [2.75, 3.05) is 27.4 Å². The van der Waals surface area contributed by atoms with Crippen LogP contribution in [0, 0.1) is 6.92 Å². The van der Waals surface area contributed by atoms with Gasteiger partial charge in [0.1, 0.15) is 15.8 Å². The molecule has 7 nitrogen and oxygen atoms in total. The van der Waals surface area contributed by atoms with Crippen molar-refractivity contribution in [3.8, 4) is 34.2 Å². The molecule has 1 aromatic heterocycles. The molecule has 5 rings (SSSR count). The highest BCUT2D eigenvalue weighted by atomic mass is 32.2. The number of methoxy groups -OCH3 is 2. The van der Waals surface area contributed by atoms with Gasteiger partial charge in [0.05, 0.1) is 31.4 Å². The van der Waals surface area contributed by atoms with Crippen molar-refractivity contribution >= 4 is 40.3 Å². The largest absolute Gasteiger partial charge is 0.494 e. The van der Waals surface area contributed by atoms with Crippen LogP contribution in [0.1, 0.15) is 36.5 Å². The van der Waals surface area contributed by atoms with Gasteiger partial charge >= 0.3 is 0 Å². The highest BCUT2D eigenvalue weighted by Gasteiger charge is 2.32.